The highest BCUT2D eigenvalue weighted by Gasteiger charge is 2.36. The molecule has 0 unspecified atom stereocenters. The molecule has 9 heteroatoms. The number of hydrogen-bond acceptors (Lipinski definition) is 5. The number of halogens is 2. The number of methoxy groups -OCH3 is 1. The summed E-state index contributed by atoms with van der Waals surface area (Å²) in [6, 6.07) is 11.8. The Hall–Kier alpha value is -2.77. The molecule has 0 spiro atoms. The molecule has 2 aromatic rings. The lowest BCUT2D eigenvalue weighted by Gasteiger charge is -2.17. The van der Waals surface area contributed by atoms with Gasteiger partial charge in [-0.1, -0.05) is 29.3 Å². The van der Waals surface area contributed by atoms with E-state index in [1.54, 1.807) is 49.6 Å². The lowest BCUT2D eigenvalue weighted by Crippen LogP contribution is -2.28. The van der Waals surface area contributed by atoms with Gasteiger partial charge in [0.2, 0.25) is 5.91 Å². The van der Waals surface area contributed by atoms with Gasteiger partial charge < -0.3 is 19.7 Å². The van der Waals surface area contributed by atoms with E-state index in [9.17, 15) is 14.4 Å². The number of carbonyl (C=O) groups excluding carboxylic acids is 3. The number of hydrogen-bond donors (Lipinski definition) is 1. The molecule has 1 atom stereocenters. The second-order valence-electron chi connectivity index (χ2n) is 6.36. The van der Waals surface area contributed by atoms with Gasteiger partial charge in [0.1, 0.15) is 5.75 Å². The summed E-state index contributed by atoms with van der Waals surface area (Å²) < 4.78 is 10.2. The van der Waals surface area contributed by atoms with Crippen molar-refractivity contribution in [1.29, 1.82) is 0 Å². The largest absolute Gasteiger partial charge is 0.497 e. The minimum Gasteiger partial charge on any atom is -0.497 e. The van der Waals surface area contributed by atoms with Crippen LogP contribution in [0.3, 0.4) is 0 Å². The van der Waals surface area contributed by atoms with Crippen LogP contribution in [0.1, 0.15) is 6.42 Å². The van der Waals surface area contributed by atoms with Gasteiger partial charge in [-0.05, 0) is 36.4 Å². The Morgan fingerprint density at radius 2 is 1.90 bits per heavy atom. The molecule has 0 saturated carbocycles. The number of carbonyl (C=O) groups is 3. The monoisotopic (exact) mass is 436 g/mol. The minimum atomic E-state index is -0.646. The Kier molecular flexibility index (Phi) is 6.61. The van der Waals surface area contributed by atoms with Crippen molar-refractivity contribution in [1.82, 2.24) is 0 Å². The van der Waals surface area contributed by atoms with Crippen LogP contribution in [-0.4, -0.2) is 38.0 Å². The molecule has 1 fully saturated rings. The van der Waals surface area contributed by atoms with Crippen LogP contribution in [-0.2, 0) is 19.1 Å². The first-order valence-corrected chi connectivity index (χ1v) is 9.49. The van der Waals surface area contributed by atoms with Gasteiger partial charge in [0.05, 0.1) is 28.8 Å². The number of rotatable bonds is 6. The Balaban J connectivity index is 1.53. The van der Waals surface area contributed by atoms with E-state index in [1.807, 2.05) is 0 Å². The van der Waals surface area contributed by atoms with Gasteiger partial charge in [-0.15, -0.1) is 0 Å². The highest BCUT2D eigenvalue weighted by molar-refractivity contribution is 6.44. The van der Waals surface area contributed by atoms with Crippen molar-refractivity contribution in [2.24, 2.45) is 5.92 Å². The number of anilines is 2. The van der Waals surface area contributed by atoms with Gasteiger partial charge >= 0.3 is 5.97 Å². The fraction of sp³-hybridized carbons (Fsp3) is 0.250. The van der Waals surface area contributed by atoms with Gasteiger partial charge in [0.25, 0.3) is 5.91 Å². The second kappa shape index (κ2) is 9.15. The van der Waals surface area contributed by atoms with Crippen LogP contribution in [0.5, 0.6) is 5.75 Å². The Bertz CT molecular complexity index is 933. The molecule has 7 nitrogen and oxygen atoms in total. The molecule has 2 aromatic carbocycles. The molecule has 3 rings (SSSR count). The average molecular weight is 437 g/mol. The van der Waals surface area contributed by atoms with Crippen molar-refractivity contribution in [3.63, 3.8) is 0 Å². The highest BCUT2D eigenvalue weighted by Crippen LogP contribution is 2.30. The van der Waals surface area contributed by atoms with E-state index >= 15 is 0 Å². The maximum atomic E-state index is 12.3. The topological polar surface area (TPSA) is 84.9 Å². The SMILES string of the molecule is COc1ccc(N2C[C@@H](C(=O)OCC(=O)Nc3cccc(Cl)c3Cl)CC2=O)cc1. The fourth-order valence-electron chi connectivity index (χ4n) is 2.92. The molecule has 0 radical (unpaired) electrons. The zero-order valence-electron chi connectivity index (χ0n) is 15.5. The van der Waals surface area contributed by atoms with E-state index < -0.39 is 24.4 Å². The summed E-state index contributed by atoms with van der Waals surface area (Å²) in [5, 5.41) is 3.02. The number of benzene rings is 2. The molecule has 29 heavy (non-hydrogen) atoms. The minimum absolute atomic E-state index is 0.0204. The fourth-order valence-corrected chi connectivity index (χ4v) is 3.27. The standard InChI is InChI=1S/C20H18Cl2N2O5/c1-28-14-7-5-13(6-8-14)24-10-12(9-18(24)26)20(27)29-11-17(25)23-16-4-2-3-15(21)19(16)22/h2-8,12H,9-11H2,1H3,(H,23,25)/t12-/m0/s1. The third-order valence-corrected chi connectivity index (χ3v) is 5.23. The number of esters is 1. The highest BCUT2D eigenvalue weighted by atomic mass is 35.5. The summed E-state index contributed by atoms with van der Waals surface area (Å²) in [5.74, 6) is -1.33. The molecular formula is C20H18Cl2N2O5. The van der Waals surface area contributed by atoms with Gasteiger partial charge in [0.15, 0.2) is 6.61 Å². The molecule has 1 heterocycles. The van der Waals surface area contributed by atoms with E-state index in [-0.39, 0.29) is 23.9 Å². The van der Waals surface area contributed by atoms with Crippen molar-refractivity contribution in [2.45, 2.75) is 6.42 Å². The first-order chi connectivity index (χ1) is 13.9. The van der Waals surface area contributed by atoms with Crippen molar-refractivity contribution < 1.29 is 23.9 Å². The zero-order valence-corrected chi connectivity index (χ0v) is 17.0. The molecule has 1 N–H and O–H groups in total. The number of nitrogens with one attached hydrogen (secondary N) is 1. The van der Waals surface area contributed by atoms with E-state index in [1.165, 1.54) is 4.90 Å². The summed E-state index contributed by atoms with van der Waals surface area (Å²) in [4.78, 5) is 38.1. The molecule has 152 valence electrons. The van der Waals surface area contributed by atoms with Gasteiger partial charge in [-0.3, -0.25) is 14.4 Å². The molecule has 2 amide bonds. The zero-order chi connectivity index (χ0) is 21.0. The smallest absolute Gasteiger partial charge is 0.311 e. The lowest BCUT2D eigenvalue weighted by molar-refractivity contribution is -0.151. The molecule has 1 aliphatic heterocycles. The Morgan fingerprint density at radius 3 is 2.59 bits per heavy atom. The van der Waals surface area contributed by atoms with Crippen LogP contribution in [0.2, 0.25) is 10.0 Å². The predicted octanol–water partition coefficient (Wildman–Crippen LogP) is 3.54. The predicted molar refractivity (Wildman–Crippen MR) is 110 cm³/mol. The molecule has 0 aliphatic carbocycles. The van der Waals surface area contributed by atoms with E-state index in [0.717, 1.165) is 0 Å². The number of amides is 2. The third-order valence-electron chi connectivity index (χ3n) is 4.41. The molecule has 1 aliphatic rings. The van der Waals surface area contributed by atoms with Crippen molar-refractivity contribution in [3.05, 3.63) is 52.5 Å². The van der Waals surface area contributed by atoms with Crippen LogP contribution >= 0.6 is 23.2 Å². The van der Waals surface area contributed by atoms with Crippen LogP contribution in [0.15, 0.2) is 42.5 Å². The summed E-state index contributed by atoms with van der Waals surface area (Å²) in [6.45, 7) is -0.305. The Morgan fingerprint density at radius 1 is 1.17 bits per heavy atom. The summed E-state index contributed by atoms with van der Waals surface area (Å²) in [5.41, 5.74) is 0.987. The molecule has 0 bridgehead atoms. The first-order valence-electron chi connectivity index (χ1n) is 8.74. The quantitative estimate of drug-likeness (QED) is 0.699. The molecular weight excluding hydrogens is 419 g/mol. The van der Waals surface area contributed by atoms with Crippen LogP contribution < -0.4 is 15.0 Å². The first kappa shape index (κ1) is 21.0. The number of ether oxygens (including phenoxy) is 2. The summed E-state index contributed by atoms with van der Waals surface area (Å²) in [7, 11) is 1.55. The van der Waals surface area contributed by atoms with Crippen LogP contribution in [0, 0.1) is 5.92 Å². The van der Waals surface area contributed by atoms with Crippen molar-refractivity contribution >= 4 is 52.4 Å². The second-order valence-corrected chi connectivity index (χ2v) is 7.15. The normalized spacial score (nSPS) is 15.9. The van der Waals surface area contributed by atoms with E-state index in [2.05, 4.69) is 5.32 Å². The van der Waals surface area contributed by atoms with E-state index in [0.29, 0.717) is 22.1 Å². The van der Waals surface area contributed by atoms with Crippen molar-refractivity contribution in [2.75, 3.05) is 30.5 Å². The third kappa shape index (κ3) is 4.99. The van der Waals surface area contributed by atoms with Crippen LogP contribution in [0.4, 0.5) is 11.4 Å². The lowest BCUT2D eigenvalue weighted by atomic mass is 10.1. The maximum Gasteiger partial charge on any atom is 0.311 e. The Labute approximate surface area is 177 Å². The van der Waals surface area contributed by atoms with Crippen molar-refractivity contribution in [3.8, 4) is 5.75 Å². The number of nitrogens with zero attached hydrogens (tertiary/aromatic N) is 1. The van der Waals surface area contributed by atoms with Gasteiger partial charge in [-0.25, -0.2) is 0 Å². The van der Waals surface area contributed by atoms with Gasteiger partial charge in [-0.2, -0.15) is 0 Å². The van der Waals surface area contributed by atoms with Crippen LogP contribution in [0.25, 0.3) is 0 Å². The summed E-state index contributed by atoms with van der Waals surface area (Å²) in [6.07, 6.45) is 0.0204. The van der Waals surface area contributed by atoms with E-state index in [4.69, 9.17) is 32.7 Å². The average Bonchev–Trinajstić information content (AvgIpc) is 3.11. The summed E-state index contributed by atoms with van der Waals surface area (Å²) >= 11 is 11.9. The molecule has 0 aromatic heterocycles. The van der Waals surface area contributed by atoms with Gasteiger partial charge in [0, 0.05) is 18.7 Å². The molecule has 1 saturated heterocycles. The maximum absolute atomic E-state index is 12.3.